The average molecular weight is 402 g/mol. The highest BCUT2D eigenvalue weighted by Gasteiger charge is 2.34. The van der Waals surface area contributed by atoms with Crippen LogP contribution in [0.5, 0.6) is 0 Å². The number of nitrogens with one attached hydrogen (secondary N) is 1. The van der Waals surface area contributed by atoms with Crippen molar-refractivity contribution in [3.05, 3.63) is 52.8 Å². The van der Waals surface area contributed by atoms with E-state index >= 15 is 0 Å². The SMILES string of the molecule is O=C1NC(=S)N(c2cccc(Cl)c2)C(=O)/C1=C/c1ccc(N2CCCC2)o1. The minimum absolute atomic E-state index is 0.0154. The number of rotatable bonds is 3. The summed E-state index contributed by atoms with van der Waals surface area (Å²) in [5.74, 6) is 0.104. The van der Waals surface area contributed by atoms with Gasteiger partial charge in [0.1, 0.15) is 11.3 Å². The van der Waals surface area contributed by atoms with Gasteiger partial charge in [-0.15, -0.1) is 0 Å². The van der Waals surface area contributed by atoms with Gasteiger partial charge >= 0.3 is 0 Å². The molecule has 2 fully saturated rings. The molecule has 0 radical (unpaired) electrons. The van der Waals surface area contributed by atoms with Crippen LogP contribution in [0, 0.1) is 0 Å². The molecule has 2 aliphatic heterocycles. The fourth-order valence-electron chi connectivity index (χ4n) is 3.18. The fraction of sp³-hybridized carbons (Fsp3) is 0.211. The van der Waals surface area contributed by atoms with Crippen LogP contribution in [0.2, 0.25) is 5.02 Å². The maximum Gasteiger partial charge on any atom is 0.270 e. The molecule has 27 heavy (non-hydrogen) atoms. The Balaban J connectivity index is 1.65. The van der Waals surface area contributed by atoms with Crippen LogP contribution in [0.15, 0.2) is 46.4 Å². The van der Waals surface area contributed by atoms with Crippen LogP contribution in [0.25, 0.3) is 6.08 Å². The van der Waals surface area contributed by atoms with Crippen LogP contribution in [0.3, 0.4) is 0 Å². The van der Waals surface area contributed by atoms with Gasteiger partial charge in [0.05, 0.1) is 5.69 Å². The first kappa shape index (κ1) is 17.8. The molecule has 138 valence electrons. The lowest BCUT2D eigenvalue weighted by atomic mass is 10.1. The number of anilines is 2. The number of nitrogens with zero attached hydrogens (tertiary/aromatic N) is 2. The molecule has 2 amide bonds. The Morgan fingerprint density at radius 2 is 1.93 bits per heavy atom. The van der Waals surface area contributed by atoms with Crippen LogP contribution in [-0.2, 0) is 9.59 Å². The topological polar surface area (TPSA) is 65.8 Å². The first-order valence-electron chi connectivity index (χ1n) is 8.55. The molecule has 2 aliphatic rings. The molecule has 2 aromatic rings. The van der Waals surface area contributed by atoms with Crippen LogP contribution in [0.4, 0.5) is 11.6 Å². The van der Waals surface area contributed by atoms with Crippen LogP contribution in [-0.4, -0.2) is 30.0 Å². The van der Waals surface area contributed by atoms with Crippen molar-refractivity contribution in [1.82, 2.24) is 5.32 Å². The first-order chi connectivity index (χ1) is 13.0. The van der Waals surface area contributed by atoms with E-state index in [4.69, 9.17) is 28.2 Å². The Morgan fingerprint density at radius 1 is 1.15 bits per heavy atom. The molecule has 2 saturated heterocycles. The summed E-state index contributed by atoms with van der Waals surface area (Å²) in [7, 11) is 0. The van der Waals surface area contributed by atoms with Gasteiger partial charge in [-0.1, -0.05) is 17.7 Å². The van der Waals surface area contributed by atoms with Crippen molar-refractivity contribution in [3.8, 4) is 0 Å². The number of furan rings is 1. The summed E-state index contributed by atoms with van der Waals surface area (Å²) in [6, 6.07) is 10.3. The Hall–Kier alpha value is -2.64. The molecule has 1 aromatic heterocycles. The van der Waals surface area contributed by atoms with E-state index in [0.717, 1.165) is 31.8 Å². The smallest absolute Gasteiger partial charge is 0.270 e. The second-order valence-electron chi connectivity index (χ2n) is 6.31. The van der Waals surface area contributed by atoms with E-state index in [2.05, 4.69) is 10.2 Å². The Labute approximate surface area is 166 Å². The molecule has 0 aliphatic carbocycles. The number of halogens is 1. The number of carbonyl (C=O) groups excluding carboxylic acids is 2. The lowest BCUT2D eigenvalue weighted by Gasteiger charge is -2.28. The molecule has 4 rings (SSSR count). The third kappa shape index (κ3) is 3.48. The predicted octanol–water partition coefficient (Wildman–Crippen LogP) is 3.36. The maximum atomic E-state index is 12.9. The van der Waals surface area contributed by atoms with Crippen LogP contribution < -0.4 is 15.1 Å². The second-order valence-corrected chi connectivity index (χ2v) is 7.13. The molecular weight excluding hydrogens is 386 g/mol. The molecule has 0 bridgehead atoms. The Morgan fingerprint density at radius 3 is 2.67 bits per heavy atom. The summed E-state index contributed by atoms with van der Waals surface area (Å²) in [4.78, 5) is 28.7. The van der Waals surface area contributed by atoms with E-state index in [1.807, 2.05) is 6.07 Å². The molecule has 1 aromatic carbocycles. The van der Waals surface area contributed by atoms with Crippen molar-refractivity contribution >= 4 is 58.4 Å². The summed E-state index contributed by atoms with van der Waals surface area (Å²) in [6.45, 7) is 1.89. The Bertz CT molecular complexity index is 963. The van der Waals surface area contributed by atoms with Gasteiger partial charge in [0.25, 0.3) is 11.8 Å². The summed E-state index contributed by atoms with van der Waals surface area (Å²) in [5, 5.41) is 3.02. The van der Waals surface area contributed by atoms with Crippen molar-refractivity contribution in [2.45, 2.75) is 12.8 Å². The van der Waals surface area contributed by atoms with Gasteiger partial charge < -0.3 is 9.32 Å². The monoisotopic (exact) mass is 401 g/mol. The molecule has 0 saturated carbocycles. The highest BCUT2D eigenvalue weighted by Crippen LogP contribution is 2.27. The maximum absolute atomic E-state index is 12.9. The zero-order valence-electron chi connectivity index (χ0n) is 14.3. The van der Waals surface area contributed by atoms with Crippen LogP contribution >= 0.6 is 23.8 Å². The van der Waals surface area contributed by atoms with Crippen molar-refractivity contribution in [1.29, 1.82) is 0 Å². The van der Waals surface area contributed by atoms with Crippen LogP contribution in [0.1, 0.15) is 18.6 Å². The van der Waals surface area contributed by atoms with Crippen molar-refractivity contribution in [2.75, 3.05) is 22.9 Å². The minimum atomic E-state index is -0.553. The van der Waals surface area contributed by atoms with E-state index < -0.39 is 11.8 Å². The zero-order chi connectivity index (χ0) is 19.0. The summed E-state index contributed by atoms with van der Waals surface area (Å²) >= 11 is 11.2. The van der Waals surface area contributed by atoms with Gasteiger partial charge in [-0.2, -0.15) is 0 Å². The largest absolute Gasteiger partial charge is 0.441 e. The van der Waals surface area contributed by atoms with E-state index in [0.29, 0.717) is 16.5 Å². The average Bonchev–Trinajstić information content (AvgIpc) is 3.30. The highest BCUT2D eigenvalue weighted by molar-refractivity contribution is 7.80. The molecule has 0 spiro atoms. The first-order valence-corrected chi connectivity index (χ1v) is 9.33. The predicted molar refractivity (Wildman–Crippen MR) is 108 cm³/mol. The lowest BCUT2D eigenvalue weighted by molar-refractivity contribution is -0.122. The number of benzene rings is 1. The normalized spacial score (nSPS) is 19.1. The van der Waals surface area contributed by atoms with Crippen molar-refractivity contribution < 1.29 is 14.0 Å². The van der Waals surface area contributed by atoms with Gasteiger partial charge in [-0.25, -0.2) is 0 Å². The zero-order valence-corrected chi connectivity index (χ0v) is 15.8. The van der Waals surface area contributed by atoms with E-state index in [-0.39, 0.29) is 10.7 Å². The van der Waals surface area contributed by atoms with Gasteiger partial charge in [0.15, 0.2) is 11.0 Å². The van der Waals surface area contributed by atoms with Gasteiger partial charge in [-0.3, -0.25) is 19.8 Å². The molecular formula is C19H16ClN3O3S. The highest BCUT2D eigenvalue weighted by atomic mass is 35.5. The molecule has 0 atom stereocenters. The number of hydrogen-bond acceptors (Lipinski definition) is 5. The molecule has 6 nitrogen and oxygen atoms in total. The summed E-state index contributed by atoms with van der Waals surface area (Å²) < 4.78 is 5.80. The van der Waals surface area contributed by atoms with E-state index in [1.54, 1.807) is 30.3 Å². The number of thiocarbonyl (C=S) groups is 1. The summed E-state index contributed by atoms with van der Waals surface area (Å²) in [6.07, 6.45) is 3.70. The third-order valence-corrected chi connectivity index (χ3v) is 5.00. The Kier molecular flexibility index (Phi) is 4.72. The number of amides is 2. The molecule has 8 heteroatoms. The number of carbonyl (C=O) groups is 2. The van der Waals surface area contributed by atoms with Gasteiger partial charge in [0.2, 0.25) is 0 Å². The minimum Gasteiger partial charge on any atom is -0.441 e. The third-order valence-electron chi connectivity index (χ3n) is 4.49. The molecule has 0 unspecified atom stereocenters. The summed E-state index contributed by atoms with van der Waals surface area (Å²) in [5.41, 5.74) is 0.437. The van der Waals surface area contributed by atoms with Gasteiger partial charge in [0, 0.05) is 24.2 Å². The lowest BCUT2D eigenvalue weighted by Crippen LogP contribution is -2.54. The molecule has 1 N–H and O–H groups in total. The quantitative estimate of drug-likeness (QED) is 0.485. The van der Waals surface area contributed by atoms with Crippen molar-refractivity contribution in [3.63, 3.8) is 0 Å². The standard InChI is InChI=1S/C19H16ClN3O3S/c20-12-4-3-5-13(10-12)23-18(25)15(17(24)21-19(23)27)11-14-6-7-16(26-14)22-8-1-2-9-22/h3-7,10-11H,1-2,8-9H2,(H,21,24,27)/b15-11+. The van der Waals surface area contributed by atoms with E-state index in [9.17, 15) is 9.59 Å². The van der Waals surface area contributed by atoms with E-state index in [1.165, 1.54) is 11.0 Å². The number of hydrogen-bond donors (Lipinski definition) is 1. The molecule has 3 heterocycles. The van der Waals surface area contributed by atoms with Gasteiger partial charge in [-0.05, 0) is 55.4 Å². The van der Waals surface area contributed by atoms with Crippen molar-refractivity contribution in [2.24, 2.45) is 0 Å². The second kappa shape index (κ2) is 7.17. The fourth-order valence-corrected chi connectivity index (χ4v) is 3.64.